The number of nitrogens with zero attached hydrogens (tertiary/aromatic N) is 3. The third-order valence-electron chi connectivity index (χ3n) is 3.62. The molecule has 27 heavy (non-hydrogen) atoms. The molecule has 9 heteroatoms. The Balaban J connectivity index is 2.23. The van der Waals surface area contributed by atoms with Gasteiger partial charge in [0, 0.05) is 11.7 Å². The van der Waals surface area contributed by atoms with Crippen LogP contribution in [0.3, 0.4) is 0 Å². The zero-order chi connectivity index (χ0) is 20.2. The first kappa shape index (κ1) is 21.0. The third-order valence-corrected chi connectivity index (χ3v) is 3.62. The second-order valence-electron chi connectivity index (χ2n) is 7.09. The largest absolute Gasteiger partial charge is 0.491 e. The van der Waals surface area contributed by atoms with Crippen molar-refractivity contribution in [1.82, 2.24) is 15.0 Å². The van der Waals surface area contributed by atoms with Crippen LogP contribution in [0.1, 0.15) is 51.6 Å². The summed E-state index contributed by atoms with van der Waals surface area (Å²) >= 11 is 0. The lowest BCUT2D eigenvalue weighted by atomic mass is 9.93. The number of alkyl halides is 4. The van der Waals surface area contributed by atoms with Crippen LogP contribution in [-0.4, -0.2) is 27.1 Å². The van der Waals surface area contributed by atoms with Gasteiger partial charge in [-0.25, -0.2) is 32.5 Å². The highest BCUT2D eigenvalue weighted by molar-refractivity contribution is 5.55. The summed E-state index contributed by atoms with van der Waals surface area (Å²) in [5, 5.41) is 0. The summed E-state index contributed by atoms with van der Waals surface area (Å²) in [6.45, 7) is 5.86. The van der Waals surface area contributed by atoms with Crippen LogP contribution in [0.4, 0.5) is 17.6 Å². The van der Waals surface area contributed by atoms with Gasteiger partial charge in [-0.15, -0.1) is 0 Å². The third kappa shape index (κ3) is 6.13. The SMILES string of the molecule is C[C@H](COc1ccc(-c2ccnc(C(F)F)n2)nc1C(F)F)CC(C)(C)N. The van der Waals surface area contributed by atoms with E-state index in [1.807, 2.05) is 20.8 Å². The van der Waals surface area contributed by atoms with Gasteiger partial charge in [-0.05, 0) is 44.4 Å². The quantitative estimate of drug-likeness (QED) is 0.674. The van der Waals surface area contributed by atoms with Crippen LogP contribution in [0, 0.1) is 5.92 Å². The fourth-order valence-corrected chi connectivity index (χ4v) is 2.69. The number of aromatic nitrogens is 3. The molecule has 5 nitrogen and oxygen atoms in total. The minimum atomic E-state index is -2.89. The molecule has 0 aliphatic carbocycles. The first-order chi connectivity index (χ1) is 12.6. The molecule has 0 spiro atoms. The van der Waals surface area contributed by atoms with E-state index in [1.165, 1.54) is 18.2 Å². The number of nitrogens with two attached hydrogens (primary N) is 1. The van der Waals surface area contributed by atoms with Crippen molar-refractivity contribution in [2.45, 2.75) is 45.6 Å². The van der Waals surface area contributed by atoms with Gasteiger partial charge in [-0.2, -0.15) is 0 Å². The second kappa shape index (κ2) is 8.60. The average Bonchev–Trinajstić information content (AvgIpc) is 2.58. The lowest BCUT2D eigenvalue weighted by Crippen LogP contribution is -2.35. The Morgan fingerprint density at radius 1 is 1.04 bits per heavy atom. The number of hydrogen-bond acceptors (Lipinski definition) is 5. The molecule has 0 aromatic carbocycles. The molecular weight excluding hydrogens is 364 g/mol. The van der Waals surface area contributed by atoms with Crippen LogP contribution in [0.15, 0.2) is 24.4 Å². The highest BCUT2D eigenvalue weighted by atomic mass is 19.3. The Morgan fingerprint density at radius 2 is 1.70 bits per heavy atom. The Kier molecular flexibility index (Phi) is 6.69. The van der Waals surface area contributed by atoms with E-state index in [4.69, 9.17) is 10.5 Å². The lowest BCUT2D eigenvalue weighted by molar-refractivity contribution is 0.136. The molecular formula is C18H22F4N4O. The highest BCUT2D eigenvalue weighted by Crippen LogP contribution is 2.31. The minimum absolute atomic E-state index is 0.0343. The topological polar surface area (TPSA) is 73.9 Å². The maximum Gasteiger partial charge on any atom is 0.297 e. The van der Waals surface area contributed by atoms with E-state index in [1.54, 1.807) is 0 Å². The van der Waals surface area contributed by atoms with E-state index in [0.29, 0.717) is 6.42 Å². The van der Waals surface area contributed by atoms with Crippen molar-refractivity contribution in [3.8, 4) is 17.1 Å². The van der Waals surface area contributed by atoms with E-state index in [9.17, 15) is 17.6 Å². The Bertz CT molecular complexity index is 765. The van der Waals surface area contributed by atoms with Crippen molar-refractivity contribution in [2.75, 3.05) is 6.61 Å². The summed E-state index contributed by atoms with van der Waals surface area (Å²) in [5.41, 5.74) is 5.06. The molecule has 0 bridgehead atoms. The van der Waals surface area contributed by atoms with E-state index < -0.39 is 29.9 Å². The first-order valence-corrected chi connectivity index (χ1v) is 8.39. The van der Waals surface area contributed by atoms with Gasteiger partial charge in [0.05, 0.1) is 18.0 Å². The van der Waals surface area contributed by atoms with E-state index in [-0.39, 0.29) is 29.7 Å². The predicted octanol–water partition coefficient (Wildman–Crippen LogP) is 4.56. The van der Waals surface area contributed by atoms with Gasteiger partial charge in [-0.3, -0.25) is 0 Å². The molecule has 2 N–H and O–H groups in total. The van der Waals surface area contributed by atoms with Gasteiger partial charge in [-0.1, -0.05) is 6.92 Å². The van der Waals surface area contributed by atoms with Crippen molar-refractivity contribution in [3.63, 3.8) is 0 Å². The molecule has 148 valence electrons. The maximum atomic E-state index is 13.4. The lowest BCUT2D eigenvalue weighted by Gasteiger charge is -2.23. The molecule has 0 saturated carbocycles. The number of ether oxygens (including phenoxy) is 1. The maximum absolute atomic E-state index is 13.4. The summed E-state index contributed by atoms with van der Waals surface area (Å²) in [5.74, 6) is -0.698. The zero-order valence-electron chi connectivity index (χ0n) is 15.3. The van der Waals surface area contributed by atoms with Crippen molar-refractivity contribution in [1.29, 1.82) is 0 Å². The fraction of sp³-hybridized carbons (Fsp3) is 0.500. The van der Waals surface area contributed by atoms with Crippen LogP contribution in [0.25, 0.3) is 11.4 Å². The standard InChI is InChI=1S/C18H22F4N4O/c1-10(8-18(2,3)23)9-27-13-5-4-11(25-14(13)15(19)20)12-6-7-24-17(26-12)16(21)22/h4-7,10,15-16H,8-9,23H2,1-3H3/t10-/m0/s1. The molecule has 0 aliphatic heterocycles. The predicted molar refractivity (Wildman–Crippen MR) is 92.7 cm³/mol. The van der Waals surface area contributed by atoms with Gasteiger partial charge in [0.1, 0.15) is 11.4 Å². The number of pyridine rings is 1. The molecule has 0 saturated heterocycles. The van der Waals surface area contributed by atoms with Crippen molar-refractivity contribution in [2.24, 2.45) is 11.7 Å². The molecule has 0 unspecified atom stereocenters. The van der Waals surface area contributed by atoms with Crippen molar-refractivity contribution in [3.05, 3.63) is 35.9 Å². The highest BCUT2D eigenvalue weighted by Gasteiger charge is 2.21. The van der Waals surface area contributed by atoms with Crippen molar-refractivity contribution >= 4 is 0 Å². The van der Waals surface area contributed by atoms with Gasteiger partial charge in [0.25, 0.3) is 12.9 Å². The molecule has 2 aromatic rings. The second-order valence-corrected chi connectivity index (χ2v) is 7.09. The normalized spacial score (nSPS) is 13.3. The molecule has 1 atom stereocenters. The summed E-state index contributed by atoms with van der Waals surface area (Å²) in [4.78, 5) is 11.0. The molecule has 0 amide bonds. The fourth-order valence-electron chi connectivity index (χ4n) is 2.69. The first-order valence-electron chi connectivity index (χ1n) is 8.39. The Morgan fingerprint density at radius 3 is 2.30 bits per heavy atom. The van der Waals surface area contributed by atoms with Gasteiger partial charge >= 0.3 is 0 Å². The molecule has 0 fully saturated rings. The summed E-state index contributed by atoms with van der Waals surface area (Å²) in [6, 6.07) is 4.07. The molecule has 2 heterocycles. The average molecular weight is 386 g/mol. The Hall–Kier alpha value is -2.29. The molecule has 2 aromatic heterocycles. The van der Waals surface area contributed by atoms with E-state index >= 15 is 0 Å². The molecule has 2 rings (SSSR count). The van der Waals surface area contributed by atoms with Gasteiger partial charge in [0.15, 0.2) is 5.82 Å². The Labute approximate surface area is 155 Å². The van der Waals surface area contributed by atoms with E-state index in [0.717, 1.165) is 6.20 Å². The molecule has 0 aliphatic rings. The number of halogens is 4. The van der Waals surface area contributed by atoms with Crippen LogP contribution in [0.5, 0.6) is 5.75 Å². The zero-order valence-corrected chi connectivity index (χ0v) is 15.3. The van der Waals surface area contributed by atoms with Crippen molar-refractivity contribution < 1.29 is 22.3 Å². The van der Waals surface area contributed by atoms with Crippen LogP contribution in [0.2, 0.25) is 0 Å². The minimum Gasteiger partial charge on any atom is -0.491 e. The van der Waals surface area contributed by atoms with Gasteiger partial charge < -0.3 is 10.5 Å². The van der Waals surface area contributed by atoms with Crippen LogP contribution >= 0.6 is 0 Å². The number of hydrogen-bond donors (Lipinski definition) is 1. The van der Waals surface area contributed by atoms with Gasteiger partial charge in [0.2, 0.25) is 0 Å². The van der Waals surface area contributed by atoms with Crippen LogP contribution < -0.4 is 10.5 Å². The number of rotatable bonds is 8. The summed E-state index contributed by atoms with van der Waals surface area (Å²) in [6.07, 6.45) is -3.97. The van der Waals surface area contributed by atoms with E-state index in [2.05, 4.69) is 15.0 Å². The monoisotopic (exact) mass is 386 g/mol. The smallest absolute Gasteiger partial charge is 0.297 e. The van der Waals surface area contributed by atoms with Crippen LogP contribution in [-0.2, 0) is 0 Å². The molecule has 0 radical (unpaired) electrons. The summed E-state index contributed by atoms with van der Waals surface area (Å²) in [7, 11) is 0. The summed E-state index contributed by atoms with van der Waals surface area (Å²) < 4.78 is 57.8.